The molecule has 2 rings (SSSR count). The lowest BCUT2D eigenvalue weighted by Crippen LogP contribution is -2.44. The average molecular weight is 425 g/mol. The van der Waals surface area contributed by atoms with Gasteiger partial charge < -0.3 is 10.2 Å². The first-order chi connectivity index (χ1) is 9.99. The maximum Gasteiger partial charge on any atom is 0.240 e. The van der Waals surface area contributed by atoms with E-state index in [-0.39, 0.29) is 34.7 Å². The Labute approximate surface area is 160 Å². The summed E-state index contributed by atoms with van der Waals surface area (Å²) < 4.78 is 26.8. The van der Waals surface area contributed by atoms with Crippen LogP contribution in [0.1, 0.15) is 6.42 Å². The lowest BCUT2D eigenvalue weighted by molar-refractivity contribution is 0.239. The van der Waals surface area contributed by atoms with Gasteiger partial charge in [-0.3, -0.25) is 0 Å². The van der Waals surface area contributed by atoms with E-state index < -0.39 is 10.0 Å². The summed E-state index contributed by atoms with van der Waals surface area (Å²) in [7, 11) is -3.53. The number of nitrogens with one attached hydrogen (secondary N) is 2. The van der Waals surface area contributed by atoms with Crippen molar-refractivity contribution in [3.05, 3.63) is 28.2 Å². The minimum absolute atomic E-state index is 0. The fourth-order valence-electron chi connectivity index (χ4n) is 2.17. The van der Waals surface area contributed by atoms with Crippen molar-refractivity contribution in [3.63, 3.8) is 0 Å². The SMILES string of the molecule is Cl.Cl.O=S(=O)(NCCCN1CCNCC1)c1ccc(Cl)c(Cl)c1. The van der Waals surface area contributed by atoms with Crippen molar-refractivity contribution in [1.82, 2.24) is 14.9 Å². The highest BCUT2D eigenvalue weighted by Crippen LogP contribution is 2.24. The molecule has 1 aromatic carbocycles. The molecule has 0 aromatic heterocycles. The van der Waals surface area contributed by atoms with Gasteiger partial charge in [0.25, 0.3) is 0 Å². The Balaban J connectivity index is 0.00000242. The molecule has 0 saturated carbocycles. The zero-order valence-electron chi connectivity index (χ0n) is 12.4. The van der Waals surface area contributed by atoms with Gasteiger partial charge in [-0.05, 0) is 31.2 Å². The summed E-state index contributed by atoms with van der Waals surface area (Å²) in [5, 5.41) is 3.86. The molecule has 0 amide bonds. The first kappa shape index (κ1) is 23.2. The van der Waals surface area contributed by atoms with Crippen molar-refractivity contribution >= 4 is 58.0 Å². The van der Waals surface area contributed by atoms with E-state index in [1.807, 2.05) is 0 Å². The Morgan fingerprint density at radius 2 is 1.78 bits per heavy atom. The minimum atomic E-state index is -3.53. The average Bonchev–Trinajstić information content (AvgIpc) is 2.47. The van der Waals surface area contributed by atoms with Crippen molar-refractivity contribution in [2.24, 2.45) is 0 Å². The predicted molar refractivity (Wildman–Crippen MR) is 100 cm³/mol. The van der Waals surface area contributed by atoms with Gasteiger partial charge in [-0.2, -0.15) is 0 Å². The molecule has 2 N–H and O–H groups in total. The smallest absolute Gasteiger partial charge is 0.240 e. The molecule has 134 valence electrons. The number of piperazine rings is 1. The molecule has 1 heterocycles. The van der Waals surface area contributed by atoms with Crippen LogP contribution >= 0.6 is 48.0 Å². The first-order valence-corrected chi connectivity index (χ1v) is 9.11. The minimum Gasteiger partial charge on any atom is -0.314 e. The van der Waals surface area contributed by atoms with Gasteiger partial charge in [-0.15, -0.1) is 24.8 Å². The van der Waals surface area contributed by atoms with Crippen LogP contribution in [0.4, 0.5) is 0 Å². The highest BCUT2D eigenvalue weighted by atomic mass is 35.5. The molecular weight excluding hydrogens is 404 g/mol. The van der Waals surface area contributed by atoms with Crippen molar-refractivity contribution in [3.8, 4) is 0 Å². The second kappa shape index (κ2) is 10.9. The molecule has 23 heavy (non-hydrogen) atoms. The van der Waals surface area contributed by atoms with Crippen LogP contribution in [-0.4, -0.2) is 52.6 Å². The largest absolute Gasteiger partial charge is 0.314 e. The summed E-state index contributed by atoms with van der Waals surface area (Å²) in [5.74, 6) is 0. The van der Waals surface area contributed by atoms with Crippen LogP contribution in [0.5, 0.6) is 0 Å². The van der Waals surface area contributed by atoms with E-state index in [0.29, 0.717) is 11.6 Å². The van der Waals surface area contributed by atoms with Crippen LogP contribution in [0.15, 0.2) is 23.1 Å². The van der Waals surface area contributed by atoms with Gasteiger partial charge in [0.05, 0.1) is 14.9 Å². The van der Waals surface area contributed by atoms with Crippen molar-refractivity contribution in [1.29, 1.82) is 0 Å². The zero-order chi connectivity index (χ0) is 15.3. The molecule has 1 aromatic rings. The second-order valence-electron chi connectivity index (χ2n) is 4.92. The number of hydrogen-bond donors (Lipinski definition) is 2. The molecule has 0 aliphatic carbocycles. The summed E-state index contributed by atoms with van der Waals surface area (Å²) in [5.41, 5.74) is 0. The highest BCUT2D eigenvalue weighted by molar-refractivity contribution is 7.89. The number of hydrogen-bond acceptors (Lipinski definition) is 4. The third kappa shape index (κ3) is 7.32. The molecular formula is C13H21Cl4N3O2S. The van der Waals surface area contributed by atoms with Crippen molar-refractivity contribution < 1.29 is 8.42 Å². The van der Waals surface area contributed by atoms with Gasteiger partial charge in [-0.25, -0.2) is 13.1 Å². The molecule has 1 aliphatic rings. The van der Waals surface area contributed by atoms with E-state index in [4.69, 9.17) is 23.2 Å². The van der Waals surface area contributed by atoms with E-state index in [0.717, 1.165) is 39.1 Å². The fourth-order valence-corrected chi connectivity index (χ4v) is 3.63. The maximum absolute atomic E-state index is 12.1. The van der Waals surface area contributed by atoms with Crippen LogP contribution in [0.2, 0.25) is 10.0 Å². The maximum atomic E-state index is 12.1. The monoisotopic (exact) mass is 423 g/mol. The van der Waals surface area contributed by atoms with Crippen molar-refractivity contribution in [2.75, 3.05) is 39.3 Å². The van der Waals surface area contributed by atoms with E-state index in [2.05, 4.69) is 14.9 Å². The van der Waals surface area contributed by atoms with Crippen LogP contribution in [-0.2, 0) is 10.0 Å². The molecule has 0 spiro atoms. The Hall–Kier alpha value is 0.210. The van der Waals surface area contributed by atoms with Gasteiger partial charge in [0.1, 0.15) is 0 Å². The number of halogens is 4. The Kier molecular flexibility index (Phi) is 11.0. The van der Waals surface area contributed by atoms with Gasteiger partial charge in [-0.1, -0.05) is 23.2 Å². The molecule has 0 radical (unpaired) electrons. The third-order valence-corrected chi connectivity index (χ3v) is 5.55. The number of rotatable bonds is 6. The standard InChI is InChI=1S/C13H19Cl2N3O2S.2ClH/c14-12-3-2-11(10-13(12)15)21(19,20)17-4-1-7-18-8-5-16-6-9-18;;/h2-3,10,16-17H,1,4-9H2;2*1H. The third-order valence-electron chi connectivity index (χ3n) is 3.35. The van der Waals surface area contributed by atoms with E-state index in [9.17, 15) is 8.42 Å². The van der Waals surface area contributed by atoms with Gasteiger partial charge in [0.15, 0.2) is 0 Å². The first-order valence-electron chi connectivity index (χ1n) is 6.87. The lowest BCUT2D eigenvalue weighted by Gasteiger charge is -2.27. The number of nitrogens with zero attached hydrogens (tertiary/aromatic N) is 1. The van der Waals surface area contributed by atoms with Crippen LogP contribution < -0.4 is 10.0 Å². The summed E-state index contributed by atoms with van der Waals surface area (Å²) in [6.45, 7) is 5.32. The molecule has 0 bridgehead atoms. The normalized spacial score (nSPS) is 15.6. The predicted octanol–water partition coefficient (Wildman–Crippen LogP) is 2.41. The molecule has 1 saturated heterocycles. The summed E-state index contributed by atoms with van der Waals surface area (Å²) in [6.07, 6.45) is 0.778. The lowest BCUT2D eigenvalue weighted by atomic mass is 10.3. The molecule has 1 aliphatic heterocycles. The summed E-state index contributed by atoms with van der Waals surface area (Å²) >= 11 is 11.6. The number of sulfonamides is 1. The van der Waals surface area contributed by atoms with E-state index in [1.54, 1.807) is 0 Å². The Bertz CT molecular complexity index is 581. The van der Waals surface area contributed by atoms with Gasteiger partial charge in [0.2, 0.25) is 10.0 Å². The van der Waals surface area contributed by atoms with E-state index in [1.165, 1.54) is 18.2 Å². The summed E-state index contributed by atoms with van der Waals surface area (Å²) in [6, 6.07) is 4.30. The quantitative estimate of drug-likeness (QED) is 0.688. The van der Waals surface area contributed by atoms with Gasteiger partial charge >= 0.3 is 0 Å². The fraction of sp³-hybridized carbons (Fsp3) is 0.538. The highest BCUT2D eigenvalue weighted by Gasteiger charge is 2.15. The topological polar surface area (TPSA) is 61.4 Å². The Morgan fingerprint density at radius 1 is 1.13 bits per heavy atom. The molecule has 0 unspecified atom stereocenters. The number of benzene rings is 1. The summed E-state index contributed by atoms with van der Waals surface area (Å²) in [4.78, 5) is 2.46. The van der Waals surface area contributed by atoms with Gasteiger partial charge in [0, 0.05) is 32.7 Å². The van der Waals surface area contributed by atoms with Crippen LogP contribution in [0.3, 0.4) is 0 Å². The second-order valence-corrected chi connectivity index (χ2v) is 7.50. The van der Waals surface area contributed by atoms with E-state index >= 15 is 0 Å². The van der Waals surface area contributed by atoms with Crippen LogP contribution in [0.25, 0.3) is 0 Å². The zero-order valence-corrected chi connectivity index (χ0v) is 16.4. The molecule has 10 heteroatoms. The Morgan fingerprint density at radius 3 is 2.39 bits per heavy atom. The van der Waals surface area contributed by atoms with Crippen molar-refractivity contribution in [2.45, 2.75) is 11.3 Å². The molecule has 0 atom stereocenters. The molecule has 1 fully saturated rings. The van der Waals surface area contributed by atoms with Crippen LogP contribution in [0, 0.1) is 0 Å². The molecule has 5 nitrogen and oxygen atoms in total.